The molecular formula is C36H38N10O13S2. The first-order chi connectivity index (χ1) is 29.0. The Morgan fingerprint density at radius 1 is 0.820 bits per heavy atom. The number of benzene rings is 4. The number of aliphatic hydroxyl groups excluding tert-OH is 3. The maximum atomic E-state index is 13.0. The molecule has 1 aliphatic heterocycles. The number of azo groups is 2. The normalized spacial score (nSPS) is 14.3. The molecule has 4 aromatic rings. The Labute approximate surface area is 347 Å². The fourth-order valence-corrected chi connectivity index (χ4v) is 6.61. The molecule has 1 aliphatic rings. The second-order valence-electron chi connectivity index (χ2n) is 12.3. The van der Waals surface area contributed by atoms with E-state index in [9.17, 15) is 40.3 Å². The molecule has 322 valence electrons. The van der Waals surface area contributed by atoms with Crippen molar-refractivity contribution in [1.29, 1.82) is 5.26 Å². The monoisotopic (exact) mass is 882 g/mol. The quantitative estimate of drug-likeness (QED) is 0.0346. The molecule has 0 radical (unpaired) electrons. The van der Waals surface area contributed by atoms with Gasteiger partial charge in [-0.3, -0.25) is 39.0 Å². The van der Waals surface area contributed by atoms with Gasteiger partial charge in [0, 0.05) is 42.3 Å². The lowest BCUT2D eigenvalue weighted by Gasteiger charge is -2.18. The Balaban J connectivity index is 0.000000727. The third-order valence-corrected chi connectivity index (χ3v) is 9.77. The predicted molar refractivity (Wildman–Crippen MR) is 215 cm³/mol. The molecule has 4 aromatic carbocycles. The van der Waals surface area contributed by atoms with Gasteiger partial charge in [-0.2, -0.15) is 37.4 Å². The van der Waals surface area contributed by atoms with Crippen molar-refractivity contribution in [3.63, 3.8) is 0 Å². The van der Waals surface area contributed by atoms with E-state index in [0.717, 1.165) is 6.07 Å². The smallest absolute Gasteiger partial charge is 0.295 e. The summed E-state index contributed by atoms with van der Waals surface area (Å²) in [6, 6.07) is 14.4. The number of nitrogens with zero attached hydrogens (tertiary/aromatic N) is 7. The van der Waals surface area contributed by atoms with Gasteiger partial charge >= 0.3 is 0 Å². The fraction of sp³-hybridized carbons (Fsp3) is 0.250. The topological polar surface area (TPSA) is 355 Å². The van der Waals surface area contributed by atoms with Crippen LogP contribution in [0.2, 0.25) is 0 Å². The van der Waals surface area contributed by atoms with Crippen LogP contribution in [0.15, 0.2) is 108 Å². The largest absolute Gasteiger partial charge is 0.491 e. The first-order valence-corrected chi connectivity index (χ1v) is 20.6. The lowest BCUT2D eigenvalue weighted by molar-refractivity contribution is -0.131. The van der Waals surface area contributed by atoms with Gasteiger partial charge in [0.1, 0.15) is 16.3 Å². The number of ether oxygens (including phenoxy) is 1. The van der Waals surface area contributed by atoms with Crippen molar-refractivity contribution in [2.75, 3.05) is 51.4 Å². The molecule has 0 bridgehead atoms. The molecule has 0 aliphatic carbocycles. The van der Waals surface area contributed by atoms with Crippen LogP contribution in [-0.4, -0.2) is 122 Å². The Kier molecular flexibility index (Phi) is 16.6. The van der Waals surface area contributed by atoms with Gasteiger partial charge in [-0.25, -0.2) is 0 Å². The van der Waals surface area contributed by atoms with Crippen molar-refractivity contribution in [2.45, 2.75) is 22.8 Å². The lowest BCUT2D eigenvalue weighted by Crippen LogP contribution is -2.58. The number of fused-ring (bicyclic) bond motifs is 1. The van der Waals surface area contributed by atoms with Crippen LogP contribution in [0, 0.1) is 11.5 Å². The molecular weight excluding hydrogens is 845 g/mol. The van der Waals surface area contributed by atoms with E-state index in [4.69, 9.17) is 25.3 Å². The van der Waals surface area contributed by atoms with E-state index < -0.39 is 53.8 Å². The first-order valence-electron chi connectivity index (χ1n) is 17.7. The first kappa shape index (κ1) is 47.1. The molecule has 5 rings (SSSR count). The predicted octanol–water partition coefficient (Wildman–Crippen LogP) is 2.20. The van der Waals surface area contributed by atoms with Gasteiger partial charge in [-0.1, -0.05) is 6.07 Å². The highest BCUT2D eigenvalue weighted by Gasteiger charge is 2.33. The van der Waals surface area contributed by atoms with E-state index in [0.29, 0.717) is 31.4 Å². The number of guanidine groups is 1. The minimum absolute atomic E-state index is 0.0694. The zero-order chi connectivity index (χ0) is 44.7. The lowest BCUT2D eigenvalue weighted by atomic mass is 10.1. The molecule has 1 heterocycles. The zero-order valence-electron chi connectivity index (χ0n) is 31.9. The van der Waals surface area contributed by atoms with E-state index in [1.807, 2.05) is 0 Å². The molecule has 1 fully saturated rings. The molecule has 0 saturated carbocycles. The molecule has 61 heavy (non-hydrogen) atoms. The molecule has 23 nitrogen and oxygen atoms in total. The van der Waals surface area contributed by atoms with Crippen molar-refractivity contribution >= 4 is 77.4 Å². The van der Waals surface area contributed by atoms with Crippen LogP contribution in [0.4, 0.5) is 22.7 Å². The van der Waals surface area contributed by atoms with Gasteiger partial charge in [0.2, 0.25) is 18.2 Å². The number of hydrogen-bond acceptors (Lipinski definition) is 18. The molecule has 0 atom stereocenters. The molecule has 3 amide bonds. The maximum Gasteiger partial charge on any atom is 0.295 e. The molecule has 1 saturated heterocycles. The number of amides is 3. The van der Waals surface area contributed by atoms with Crippen LogP contribution in [0.1, 0.15) is 17.3 Å². The average molecular weight is 883 g/mol. The van der Waals surface area contributed by atoms with Crippen molar-refractivity contribution in [3.8, 4) is 11.9 Å². The summed E-state index contributed by atoms with van der Waals surface area (Å²) in [7, 11) is -9.69. The van der Waals surface area contributed by atoms with Crippen LogP contribution in [0.5, 0.6) is 5.75 Å². The summed E-state index contributed by atoms with van der Waals surface area (Å²) in [5.41, 5.74) is 1.15. The summed E-state index contributed by atoms with van der Waals surface area (Å²) in [6.07, 6.45) is 1.44. The van der Waals surface area contributed by atoms with Crippen molar-refractivity contribution in [3.05, 3.63) is 78.4 Å². The van der Waals surface area contributed by atoms with Gasteiger partial charge in [-0.15, -0.1) is 10.1 Å². The summed E-state index contributed by atoms with van der Waals surface area (Å²) in [6.45, 7) is 3.70. The number of carbonyl (C=O) groups is 3. The Hall–Kier alpha value is -6.63. The minimum atomic E-state index is -4.91. The highest BCUT2D eigenvalue weighted by Crippen LogP contribution is 2.35. The van der Waals surface area contributed by atoms with Gasteiger partial charge in [0.05, 0.1) is 42.7 Å². The van der Waals surface area contributed by atoms with E-state index in [1.54, 1.807) is 11.8 Å². The van der Waals surface area contributed by atoms with E-state index in [-0.39, 0.29) is 71.5 Å². The number of anilines is 1. The average Bonchev–Trinajstić information content (AvgIpc) is 3.20. The number of rotatable bonds is 16. The molecule has 25 heteroatoms. The van der Waals surface area contributed by atoms with Crippen molar-refractivity contribution in [1.82, 2.24) is 15.5 Å². The van der Waals surface area contributed by atoms with Crippen LogP contribution < -0.4 is 20.7 Å². The van der Waals surface area contributed by atoms with Gasteiger partial charge in [0.15, 0.2) is 0 Å². The third kappa shape index (κ3) is 13.4. The van der Waals surface area contributed by atoms with E-state index in [2.05, 4.69) is 41.4 Å². The Morgan fingerprint density at radius 2 is 1.44 bits per heavy atom. The van der Waals surface area contributed by atoms with Gasteiger partial charge < -0.3 is 25.4 Å². The molecule has 0 aromatic heterocycles. The second-order valence-corrected chi connectivity index (χ2v) is 15.1. The van der Waals surface area contributed by atoms with Crippen LogP contribution in [0.25, 0.3) is 10.8 Å². The van der Waals surface area contributed by atoms with Crippen molar-refractivity contribution in [2.24, 2.45) is 25.4 Å². The highest BCUT2D eigenvalue weighted by molar-refractivity contribution is 7.86. The highest BCUT2D eigenvalue weighted by atomic mass is 32.2. The Bertz CT molecular complexity index is 2580. The fourth-order valence-electron chi connectivity index (χ4n) is 5.27. The maximum absolute atomic E-state index is 13.0. The number of nitriles is 1. The van der Waals surface area contributed by atoms with Gasteiger partial charge in [0.25, 0.3) is 38.0 Å². The van der Waals surface area contributed by atoms with Crippen LogP contribution in [0.3, 0.4) is 0 Å². The molecule has 0 spiro atoms. The number of hydrogen-bond donors (Lipinski definition) is 8. The van der Waals surface area contributed by atoms with Gasteiger partial charge in [-0.05, 0) is 73.0 Å². The number of carbonyl (C=O) groups excluding carboxylic acids is 3. The van der Waals surface area contributed by atoms with Crippen LogP contribution in [-0.2, 0) is 29.8 Å². The summed E-state index contributed by atoms with van der Waals surface area (Å²) in [4.78, 5) is 40.7. The summed E-state index contributed by atoms with van der Waals surface area (Å²) in [5, 5.41) is 57.0. The number of aliphatic imine (C=N–C) groups is 1. The standard InChI is InChI=1S/C30H23N9O10S2.C6H15NO3/c1-2-49-24-13-19(33-27(40)16-3-6-18(7-4-16)36-39-26-28(41)34-30(32-15-31)35-29(26)42)9-10-23(24)38-37-20-8-5-17-11-21(50(43,44)45)14-25(22(17)12-20)51(46,47)48;8-4-1-7(2-5-9)3-6-10/h3-14,26H,2H2,1H3,(H,33,40)(H,43,44,45)(H,46,47,48)(H2,32,34,35,41,42);8-10H,1-6H2. The van der Waals surface area contributed by atoms with Crippen LogP contribution >= 0.6 is 0 Å². The Morgan fingerprint density at radius 3 is 2.00 bits per heavy atom. The minimum Gasteiger partial charge on any atom is -0.491 e. The zero-order valence-corrected chi connectivity index (χ0v) is 33.5. The number of nitrogens with one attached hydrogen (secondary N) is 3. The summed E-state index contributed by atoms with van der Waals surface area (Å²) >= 11 is 0. The third-order valence-electron chi connectivity index (χ3n) is 8.05. The summed E-state index contributed by atoms with van der Waals surface area (Å²) < 4.78 is 72.0. The SMILES string of the molecule is CCOc1cc(NC(=O)c2ccc(N=NC3C(=O)NC(=NC#N)NC3=O)cc2)ccc1N=Nc1ccc2cc(S(=O)(=O)O)cc(S(=O)(=O)O)c2c1.OCCN(CCO)CCO. The van der Waals surface area contributed by atoms with E-state index >= 15 is 0 Å². The molecule has 0 unspecified atom stereocenters. The van der Waals surface area contributed by atoms with Crippen molar-refractivity contribution < 1.29 is 60.4 Å². The van der Waals surface area contributed by atoms with E-state index in [1.165, 1.54) is 66.9 Å². The second kappa shape index (κ2) is 21.6. The molecule has 8 N–H and O–H groups in total. The number of aliphatic hydroxyl groups is 3. The summed E-state index contributed by atoms with van der Waals surface area (Å²) in [5.74, 6) is -2.24.